The highest BCUT2D eigenvalue weighted by molar-refractivity contribution is 9.10. The molecule has 0 aromatic heterocycles. The molecule has 1 aromatic rings. The molecule has 5 heteroatoms. The van der Waals surface area contributed by atoms with E-state index in [1.807, 2.05) is 19.1 Å². The number of amides is 1. The molecular formula is C14H19BrN2O2. The highest BCUT2D eigenvalue weighted by Crippen LogP contribution is 2.24. The van der Waals surface area contributed by atoms with Crippen LogP contribution in [-0.4, -0.2) is 37.1 Å². The average molecular weight is 327 g/mol. The first kappa shape index (κ1) is 14.3. The average Bonchev–Trinajstić information content (AvgIpc) is 2.85. The van der Waals surface area contributed by atoms with Crippen LogP contribution in [0.1, 0.15) is 28.8 Å². The van der Waals surface area contributed by atoms with Crippen molar-refractivity contribution in [3.05, 3.63) is 27.7 Å². The number of nitrogen functional groups attached to an aromatic ring is 1. The van der Waals surface area contributed by atoms with Gasteiger partial charge in [-0.25, -0.2) is 0 Å². The van der Waals surface area contributed by atoms with Crippen LogP contribution in [0.25, 0.3) is 0 Å². The molecule has 1 saturated heterocycles. The van der Waals surface area contributed by atoms with Crippen LogP contribution in [-0.2, 0) is 4.74 Å². The van der Waals surface area contributed by atoms with Gasteiger partial charge in [-0.3, -0.25) is 4.79 Å². The van der Waals surface area contributed by atoms with E-state index in [9.17, 15) is 4.79 Å². The number of benzene rings is 1. The third-order valence-electron chi connectivity index (χ3n) is 3.49. The number of anilines is 1. The summed E-state index contributed by atoms with van der Waals surface area (Å²) in [5.41, 5.74) is 8.00. The molecule has 1 amide bonds. The van der Waals surface area contributed by atoms with Crippen molar-refractivity contribution in [3.63, 3.8) is 0 Å². The van der Waals surface area contributed by atoms with Crippen molar-refractivity contribution in [1.29, 1.82) is 0 Å². The second-order valence-corrected chi connectivity index (χ2v) is 5.90. The van der Waals surface area contributed by atoms with Gasteiger partial charge < -0.3 is 15.4 Å². The Morgan fingerprint density at radius 1 is 1.58 bits per heavy atom. The molecule has 19 heavy (non-hydrogen) atoms. The number of hydrogen-bond donors (Lipinski definition) is 1. The Labute approximate surface area is 122 Å². The number of rotatable bonds is 3. The Morgan fingerprint density at radius 2 is 2.32 bits per heavy atom. The molecule has 1 aromatic carbocycles. The Kier molecular flexibility index (Phi) is 4.47. The van der Waals surface area contributed by atoms with Gasteiger partial charge in [-0.05, 0) is 37.5 Å². The quantitative estimate of drug-likeness (QED) is 0.868. The third kappa shape index (κ3) is 3.28. The zero-order chi connectivity index (χ0) is 14.0. The summed E-state index contributed by atoms with van der Waals surface area (Å²) in [6, 6.07) is 3.63. The van der Waals surface area contributed by atoms with E-state index in [0.717, 1.165) is 29.5 Å². The van der Waals surface area contributed by atoms with Crippen LogP contribution < -0.4 is 5.73 Å². The van der Waals surface area contributed by atoms with Crippen LogP contribution in [0.4, 0.5) is 5.69 Å². The van der Waals surface area contributed by atoms with Gasteiger partial charge in [0, 0.05) is 35.9 Å². The smallest absolute Gasteiger partial charge is 0.254 e. The normalized spacial score (nSPS) is 18.6. The fourth-order valence-electron chi connectivity index (χ4n) is 2.30. The topological polar surface area (TPSA) is 55.6 Å². The Hall–Kier alpha value is -1.07. The van der Waals surface area contributed by atoms with Gasteiger partial charge in [0.15, 0.2) is 0 Å². The summed E-state index contributed by atoms with van der Waals surface area (Å²) in [5, 5.41) is 0. The summed E-state index contributed by atoms with van der Waals surface area (Å²) in [7, 11) is 1.81. The first-order valence-corrected chi connectivity index (χ1v) is 7.21. The number of halogens is 1. The second-order valence-electron chi connectivity index (χ2n) is 4.99. The van der Waals surface area contributed by atoms with Crippen LogP contribution in [0.5, 0.6) is 0 Å². The molecule has 4 nitrogen and oxygen atoms in total. The van der Waals surface area contributed by atoms with Crippen LogP contribution in [0, 0.1) is 6.92 Å². The van der Waals surface area contributed by atoms with Crippen LogP contribution in [0.15, 0.2) is 16.6 Å². The number of carbonyl (C=O) groups is 1. The maximum Gasteiger partial charge on any atom is 0.254 e. The predicted octanol–water partition coefficient (Wildman–Crippen LogP) is 2.59. The monoisotopic (exact) mass is 326 g/mol. The molecule has 0 radical (unpaired) electrons. The van der Waals surface area contributed by atoms with Gasteiger partial charge in [0.05, 0.1) is 6.10 Å². The summed E-state index contributed by atoms with van der Waals surface area (Å²) < 4.78 is 6.38. The van der Waals surface area contributed by atoms with E-state index < -0.39 is 0 Å². The lowest BCUT2D eigenvalue weighted by Crippen LogP contribution is -2.34. The van der Waals surface area contributed by atoms with E-state index in [1.165, 1.54) is 0 Å². The second kappa shape index (κ2) is 5.92. The van der Waals surface area contributed by atoms with Crippen molar-refractivity contribution in [2.45, 2.75) is 25.9 Å². The van der Waals surface area contributed by atoms with E-state index in [1.54, 1.807) is 11.9 Å². The summed E-state index contributed by atoms with van der Waals surface area (Å²) in [6.45, 7) is 3.30. The van der Waals surface area contributed by atoms with Crippen molar-refractivity contribution in [2.75, 3.05) is 25.9 Å². The van der Waals surface area contributed by atoms with Crippen molar-refractivity contribution in [2.24, 2.45) is 0 Å². The van der Waals surface area contributed by atoms with E-state index in [0.29, 0.717) is 17.8 Å². The molecule has 1 unspecified atom stereocenters. The van der Waals surface area contributed by atoms with Gasteiger partial charge in [-0.15, -0.1) is 0 Å². The number of nitrogens with two attached hydrogens (primary N) is 1. The molecule has 0 bridgehead atoms. The molecule has 0 aliphatic carbocycles. The number of likely N-dealkylation sites (N-methyl/N-ethyl adjacent to an activating group) is 1. The lowest BCUT2D eigenvalue weighted by Gasteiger charge is -2.22. The van der Waals surface area contributed by atoms with Gasteiger partial charge in [0.2, 0.25) is 0 Å². The maximum absolute atomic E-state index is 12.5. The minimum atomic E-state index is -0.0130. The minimum absolute atomic E-state index is 0.0130. The summed E-state index contributed by atoms with van der Waals surface area (Å²) in [6.07, 6.45) is 2.27. The SMILES string of the molecule is Cc1c(N)cc(Br)cc1C(=O)N(C)CC1CCCO1. The van der Waals surface area contributed by atoms with E-state index in [2.05, 4.69) is 15.9 Å². The first-order chi connectivity index (χ1) is 8.99. The molecule has 2 rings (SSSR count). The Balaban J connectivity index is 2.14. The van der Waals surface area contributed by atoms with Gasteiger partial charge in [0.25, 0.3) is 5.91 Å². The summed E-state index contributed by atoms with van der Waals surface area (Å²) in [4.78, 5) is 14.2. The predicted molar refractivity (Wildman–Crippen MR) is 79.2 cm³/mol. The van der Waals surface area contributed by atoms with Crippen molar-refractivity contribution in [1.82, 2.24) is 4.90 Å². The lowest BCUT2D eigenvalue weighted by molar-refractivity contribution is 0.0586. The van der Waals surface area contributed by atoms with Crippen molar-refractivity contribution >= 4 is 27.5 Å². The summed E-state index contributed by atoms with van der Waals surface area (Å²) >= 11 is 3.38. The van der Waals surface area contributed by atoms with Gasteiger partial charge in [-0.2, -0.15) is 0 Å². The minimum Gasteiger partial charge on any atom is -0.398 e. The van der Waals surface area contributed by atoms with Crippen LogP contribution in [0.2, 0.25) is 0 Å². The summed E-state index contributed by atoms with van der Waals surface area (Å²) in [5.74, 6) is -0.0130. The number of carbonyl (C=O) groups excluding carboxylic acids is 1. The lowest BCUT2D eigenvalue weighted by atomic mass is 10.1. The zero-order valence-corrected chi connectivity index (χ0v) is 12.9. The van der Waals surface area contributed by atoms with Crippen LogP contribution >= 0.6 is 15.9 Å². The standard InChI is InChI=1S/C14H19BrN2O2/c1-9-12(6-10(15)7-13(9)16)14(18)17(2)8-11-4-3-5-19-11/h6-7,11H,3-5,8,16H2,1-2H3. The van der Waals surface area contributed by atoms with Gasteiger partial charge in [-0.1, -0.05) is 15.9 Å². The molecule has 0 spiro atoms. The molecule has 104 valence electrons. The number of nitrogens with zero attached hydrogens (tertiary/aromatic N) is 1. The molecule has 1 fully saturated rings. The molecule has 1 heterocycles. The fourth-order valence-corrected chi connectivity index (χ4v) is 2.78. The van der Waals surface area contributed by atoms with E-state index in [4.69, 9.17) is 10.5 Å². The molecule has 0 saturated carbocycles. The van der Waals surface area contributed by atoms with E-state index in [-0.39, 0.29) is 12.0 Å². The molecule has 1 aliphatic rings. The third-order valence-corrected chi connectivity index (χ3v) is 3.95. The number of ether oxygens (including phenoxy) is 1. The van der Waals surface area contributed by atoms with Crippen molar-refractivity contribution in [3.8, 4) is 0 Å². The molecule has 1 atom stereocenters. The van der Waals surface area contributed by atoms with Crippen LogP contribution in [0.3, 0.4) is 0 Å². The Bertz CT molecular complexity index is 485. The van der Waals surface area contributed by atoms with Gasteiger partial charge >= 0.3 is 0 Å². The molecular weight excluding hydrogens is 308 g/mol. The largest absolute Gasteiger partial charge is 0.398 e. The molecule has 1 aliphatic heterocycles. The highest BCUT2D eigenvalue weighted by atomic mass is 79.9. The van der Waals surface area contributed by atoms with E-state index >= 15 is 0 Å². The Morgan fingerprint density at radius 3 is 2.95 bits per heavy atom. The molecule has 2 N–H and O–H groups in total. The number of hydrogen-bond acceptors (Lipinski definition) is 3. The fraction of sp³-hybridized carbons (Fsp3) is 0.500. The van der Waals surface area contributed by atoms with Crippen molar-refractivity contribution < 1.29 is 9.53 Å². The first-order valence-electron chi connectivity index (χ1n) is 6.41. The highest BCUT2D eigenvalue weighted by Gasteiger charge is 2.22. The van der Waals surface area contributed by atoms with Gasteiger partial charge in [0.1, 0.15) is 0 Å². The maximum atomic E-state index is 12.5. The zero-order valence-electron chi connectivity index (χ0n) is 11.3.